The van der Waals surface area contributed by atoms with E-state index < -0.39 is 18.0 Å². The number of hydrogen-bond donors (Lipinski definition) is 3. The molecule has 0 saturated heterocycles. The van der Waals surface area contributed by atoms with Crippen LogP contribution in [0.15, 0.2) is 0 Å². The number of ether oxygens (including phenoxy) is 1. The van der Waals surface area contributed by atoms with Crippen LogP contribution in [0.1, 0.15) is 155 Å². The van der Waals surface area contributed by atoms with E-state index in [4.69, 9.17) is 9.84 Å². The molecular formula is C31H57NO7. The Kier molecular flexibility index (Phi) is 26.2. The van der Waals surface area contributed by atoms with Crippen molar-refractivity contribution >= 4 is 23.6 Å². The number of amides is 1. The fourth-order valence-corrected chi connectivity index (χ4v) is 4.61. The van der Waals surface area contributed by atoms with Crippen LogP contribution in [0.4, 0.5) is 0 Å². The van der Waals surface area contributed by atoms with Gasteiger partial charge in [-0.05, 0) is 32.1 Å². The van der Waals surface area contributed by atoms with Gasteiger partial charge in [0.2, 0.25) is 5.91 Å². The Morgan fingerprint density at radius 3 is 1.49 bits per heavy atom. The topological polar surface area (TPSA) is 130 Å². The lowest BCUT2D eigenvalue weighted by atomic mass is 10.0. The second-order valence-corrected chi connectivity index (χ2v) is 10.8. The number of rotatable bonds is 30. The van der Waals surface area contributed by atoms with Crippen molar-refractivity contribution in [2.75, 3.05) is 13.2 Å². The minimum absolute atomic E-state index is 0.00824. The maximum atomic E-state index is 12.2. The fraction of sp³-hybridized carbons (Fsp3) is 0.871. The van der Waals surface area contributed by atoms with E-state index in [-0.39, 0.29) is 24.5 Å². The standard InChI is InChI=1S/C31H57NO7/c1-2-25-39-26-19-20-27(33)23-24-28(31(37)38)32-29(34)21-17-15-13-11-9-7-5-3-4-6-8-10-12-14-16-18-22-30(35)36/h28H,2-26H2,1H3,(H,32,34)(H,35,36)(H,37,38). The van der Waals surface area contributed by atoms with E-state index in [1.807, 2.05) is 6.92 Å². The molecule has 8 nitrogen and oxygen atoms in total. The highest BCUT2D eigenvalue weighted by Crippen LogP contribution is 2.14. The normalized spacial score (nSPS) is 11.8. The highest BCUT2D eigenvalue weighted by Gasteiger charge is 2.20. The first-order valence-corrected chi connectivity index (χ1v) is 15.7. The largest absolute Gasteiger partial charge is 0.481 e. The number of aliphatic carboxylic acids is 2. The molecule has 0 saturated carbocycles. The molecule has 39 heavy (non-hydrogen) atoms. The highest BCUT2D eigenvalue weighted by atomic mass is 16.5. The first kappa shape index (κ1) is 37.0. The lowest BCUT2D eigenvalue weighted by molar-refractivity contribution is -0.142. The smallest absolute Gasteiger partial charge is 0.326 e. The lowest BCUT2D eigenvalue weighted by Gasteiger charge is -2.14. The molecule has 0 spiro atoms. The van der Waals surface area contributed by atoms with E-state index in [0.717, 1.165) is 44.9 Å². The van der Waals surface area contributed by atoms with Gasteiger partial charge in [0.1, 0.15) is 11.8 Å². The summed E-state index contributed by atoms with van der Waals surface area (Å²) in [7, 11) is 0. The molecule has 0 rings (SSSR count). The predicted octanol–water partition coefficient (Wildman–Crippen LogP) is 7.22. The van der Waals surface area contributed by atoms with Crippen LogP contribution in [0.2, 0.25) is 0 Å². The van der Waals surface area contributed by atoms with Crippen LogP contribution in [-0.2, 0) is 23.9 Å². The molecule has 0 heterocycles. The summed E-state index contributed by atoms with van der Waals surface area (Å²) in [6, 6.07) is -1.01. The van der Waals surface area contributed by atoms with Crippen LogP contribution in [0, 0.1) is 0 Å². The third kappa shape index (κ3) is 27.4. The van der Waals surface area contributed by atoms with Gasteiger partial charge in [0.15, 0.2) is 0 Å². The highest BCUT2D eigenvalue weighted by molar-refractivity contribution is 5.84. The number of Topliss-reactive ketones (excluding diaryl/α,β-unsaturated/α-hetero) is 1. The van der Waals surface area contributed by atoms with Gasteiger partial charge in [-0.15, -0.1) is 0 Å². The molecular weight excluding hydrogens is 498 g/mol. The minimum atomic E-state index is -1.09. The molecule has 0 fully saturated rings. The third-order valence-electron chi connectivity index (χ3n) is 6.98. The zero-order valence-electron chi connectivity index (χ0n) is 24.7. The molecule has 0 aliphatic rings. The van der Waals surface area contributed by atoms with Gasteiger partial charge in [-0.3, -0.25) is 14.4 Å². The van der Waals surface area contributed by atoms with Gasteiger partial charge in [-0.1, -0.05) is 96.8 Å². The molecule has 1 atom stereocenters. The predicted molar refractivity (Wildman–Crippen MR) is 155 cm³/mol. The van der Waals surface area contributed by atoms with Gasteiger partial charge in [0.25, 0.3) is 0 Å². The molecule has 0 aliphatic heterocycles. The summed E-state index contributed by atoms with van der Waals surface area (Å²) >= 11 is 0. The summed E-state index contributed by atoms with van der Waals surface area (Å²) in [5.41, 5.74) is 0. The van der Waals surface area contributed by atoms with E-state index >= 15 is 0 Å². The average molecular weight is 556 g/mol. The van der Waals surface area contributed by atoms with E-state index in [9.17, 15) is 24.3 Å². The van der Waals surface area contributed by atoms with Gasteiger partial charge < -0.3 is 20.3 Å². The van der Waals surface area contributed by atoms with Crippen molar-refractivity contribution in [3.8, 4) is 0 Å². The van der Waals surface area contributed by atoms with Crippen molar-refractivity contribution in [2.45, 2.75) is 161 Å². The van der Waals surface area contributed by atoms with Crippen molar-refractivity contribution in [1.29, 1.82) is 0 Å². The molecule has 228 valence electrons. The number of unbranched alkanes of at least 4 members (excludes halogenated alkanes) is 15. The van der Waals surface area contributed by atoms with Crippen LogP contribution < -0.4 is 5.32 Å². The van der Waals surface area contributed by atoms with Crippen molar-refractivity contribution in [1.82, 2.24) is 5.32 Å². The number of carboxylic acids is 2. The van der Waals surface area contributed by atoms with Crippen LogP contribution in [-0.4, -0.2) is 53.1 Å². The number of carbonyl (C=O) groups is 4. The van der Waals surface area contributed by atoms with Gasteiger partial charge in [0.05, 0.1) is 0 Å². The number of carboxylic acid groups (broad SMARTS) is 2. The number of carbonyl (C=O) groups excluding carboxylic acids is 2. The Hall–Kier alpha value is -1.96. The summed E-state index contributed by atoms with van der Waals surface area (Å²) in [4.78, 5) is 46.1. The maximum absolute atomic E-state index is 12.2. The summed E-state index contributed by atoms with van der Waals surface area (Å²) in [6.45, 7) is 3.25. The first-order chi connectivity index (χ1) is 18.9. The molecule has 8 heteroatoms. The van der Waals surface area contributed by atoms with E-state index in [0.29, 0.717) is 38.9 Å². The second-order valence-electron chi connectivity index (χ2n) is 10.8. The molecule has 1 unspecified atom stereocenters. The Balaban J connectivity index is 3.57. The maximum Gasteiger partial charge on any atom is 0.326 e. The van der Waals surface area contributed by atoms with Gasteiger partial charge >= 0.3 is 11.9 Å². The molecule has 0 aromatic carbocycles. The minimum Gasteiger partial charge on any atom is -0.481 e. The van der Waals surface area contributed by atoms with Crippen molar-refractivity contribution in [3.63, 3.8) is 0 Å². The summed E-state index contributed by atoms with van der Waals surface area (Å²) in [5, 5.41) is 20.6. The Labute approximate surface area is 237 Å². The Morgan fingerprint density at radius 1 is 0.590 bits per heavy atom. The summed E-state index contributed by atoms with van der Waals surface area (Å²) in [5.74, 6) is -2.02. The molecule has 0 bridgehead atoms. The second kappa shape index (κ2) is 27.6. The summed E-state index contributed by atoms with van der Waals surface area (Å²) < 4.78 is 5.35. The van der Waals surface area contributed by atoms with E-state index in [2.05, 4.69) is 5.32 Å². The molecule has 1 amide bonds. The Morgan fingerprint density at radius 2 is 1.05 bits per heavy atom. The van der Waals surface area contributed by atoms with Gasteiger partial charge in [-0.25, -0.2) is 4.79 Å². The van der Waals surface area contributed by atoms with Crippen LogP contribution in [0.3, 0.4) is 0 Å². The van der Waals surface area contributed by atoms with Crippen molar-refractivity contribution < 1.29 is 34.1 Å². The molecule has 0 aromatic heterocycles. The molecule has 0 aliphatic carbocycles. The van der Waals surface area contributed by atoms with Crippen LogP contribution >= 0.6 is 0 Å². The average Bonchev–Trinajstić information content (AvgIpc) is 2.89. The zero-order valence-corrected chi connectivity index (χ0v) is 24.7. The Bertz CT molecular complexity index is 638. The fourth-order valence-electron chi connectivity index (χ4n) is 4.61. The number of nitrogens with one attached hydrogen (secondary N) is 1. The van der Waals surface area contributed by atoms with Crippen molar-refractivity contribution in [3.05, 3.63) is 0 Å². The quantitative estimate of drug-likeness (QED) is 0.0798. The number of ketones is 1. The number of hydrogen-bond acceptors (Lipinski definition) is 5. The van der Waals surface area contributed by atoms with Crippen molar-refractivity contribution in [2.24, 2.45) is 0 Å². The SMILES string of the molecule is CCCOCCCC(=O)CCC(NC(=O)CCCCCCCCCCCCCCCCCCC(=O)O)C(=O)O. The van der Waals surface area contributed by atoms with E-state index in [1.165, 1.54) is 64.2 Å². The van der Waals surface area contributed by atoms with Crippen LogP contribution in [0.25, 0.3) is 0 Å². The summed E-state index contributed by atoms with van der Waals surface area (Å²) in [6.07, 6.45) is 21.3. The van der Waals surface area contributed by atoms with Crippen LogP contribution in [0.5, 0.6) is 0 Å². The van der Waals surface area contributed by atoms with Gasteiger partial charge in [0, 0.05) is 38.9 Å². The lowest BCUT2D eigenvalue weighted by Crippen LogP contribution is -2.41. The molecule has 0 aromatic rings. The van der Waals surface area contributed by atoms with E-state index in [1.54, 1.807) is 0 Å². The first-order valence-electron chi connectivity index (χ1n) is 15.7. The van der Waals surface area contributed by atoms with Gasteiger partial charge in [-0.2, -0.15) is 0 Å². The molecule has 0 radical (unpaired) electrons. The third-order valence-corrected chi connectivity index (χ3v) is 6.98. The molecule has 3 N–H and O–H groups in total. The monoisotopic (exact) mass is 555 g/mol. The zero-order chi connectivity index (χ0) is 29.0.